The molecule has 1 amide bonds. The first-order chi connectivity index (χ1) is 13.4. The Labute approximate surface area is 164 Å². The summed E-state index contributed by atoms with van der Waals surface area (Å²) in [6, 6.07) is 11.9. The summed E-state index contributed by atoms with van der Waals surface area (Å²) in [4.78, 5) is 22.8. The van der Waals surface area contributed by atoms with Crippen molar-refractivity contribution >= 4 is 28.9 Å². The number of carbonyl (C=O) groups excluding carboxylic acids is 1. The Morgan fingerprint density at radius 3 is 2.68 bits per heavy atom. The number of nitro groups is 1. The summed E-state index contributed by atoms with van der Waals surface area (Å²) in [7, 11) is 1.47. The second-order valence-corrected chi connectivity index (χ2v) is 6.12. The standard InChI is InChI=1S/C19H15ClN2O6/c1-27-18-8-11(2-5-14(18)17-7-4-13(10-23)28-17)21-19(24)15-9-12(22(25)26)3-6-16(15)20/h2-9,23H,10H2,1H3,(H,21,24). The van der Waals surface area contributed by atoms with Gasteiger partial charge in [-0.3, -0.25) is 14.9 Å². The lowest BCUT2D eigenvalue weighted by molar-refractivity contribution is -0.384. The average Bonchev–Trinajstić information content (AvgIpc) is 3.17. The lowest BCUT2D eigenvalue weighted by Gasteiger charge is -2.11. The van der Waals surface area contributed by atoms with Crippen LogP contribution in [0.3, 0.4) is 0 Å². The highest BCUT2D eigenvalue weighted by atomic mass is 35.5. The summed E-state index contributed by atoms with van der Waals surface area (Å²) in [6.45, 7) is -0.222. The van der Waals surface area contributed by atoms with Gasteiger partial charge in [0.2, 0.25) is 0 Å². The first kappa shape index (κ1) is 19.4. The fourth-order valence-electron chi connectivity index (χ4n) is 2.58. The fourth-order valence-corrected chi connectivity index (χ4v) is 2.78. The molecule has 0 aliphatic carbocycles. The molecule has 8 nitrogen and oxygen atoms in total. The minimum Gasteiger partial charge on any atom is -0.496 e. The third-order valence-electron chi connectivity index (χ3n) is 3.95. The highest BCUT2D eigenvalue weighted by Gasteiger charge is 2.17. The maximum Gasteiger partial charge on any atom is 0.270 e. The number of benzene rings is 2. The molecule has 0 unspecified atom stereocenters. The van der Waals surface area contributed by atoms with E-state index in [1.54, 1.807) is 30.3 Å². The summed E-state index contributed by atoms with van der Waals surface area (Å²) in [5.74, 6) is 0.751. The maximum absolute atomic E-state index is 12.5. The molecule has 28 heavy (non-hydrogen) atoms. The van der Waals surface area contributed by atoms with E-state index in [1.165, 1.54) is 19.2 Å². The molecule has 0 fully saturated rings. The third-order valence-corrected chi connectivity index (χ3v) is 4.28. The molecule has 2 aromatic carbocycles. The molecule has 1 heterocycles. The number of methoxy groups -OCH3 is 1. The van der Waals surface area contributed by atoms with Crippen LogP contribution in [-0.2, 0) is 6.61 Å². The topological polar surface area (TPSA) is 115 Å². The molecular formula is C19H15ClN2O6. The number of aliphatic hydroxyl groups is 1. The lowest BCUT2D eigenvalue weighted by atomic mass is 10.1. The number of anilines is 1. The minimum atomic E-state index is -0.602. The van der Waals surface area contributed by atoms with Gasteiger partial charge in [-0.05, 0) is 30.3 Å². The first-order valence-electron chi connectivity index (χ1n) is 8.06. The van der Waals surface area contributed by atoms with Crippen molar-refractivity contribution < 1.29 is 24.0 Å². The van der Waals surface area contributed by atoms with Gasteiger partial charge in [-0.2, -0.15) is 0 Å². The zero-order valence-electron chi connectivity index (χ0n) is 14.6. The maximum atomic E-state index is 12.5. The van der Waals surface area contributed by atoms with Crippen molar-refractivity contribution in [3.05, 3.63) is 75.0 Å². The van der Waals surface area contributed by atoms with Gasteiger partial charge in [0.05, 0.1) is 28.2 Å². The average molecular weight is 403 g/mol. The monoisotopic (exact) mass is 402 g/mol. The van der Waals surface area contributed by atoms with E-state index in [-0.39, 0.29) is 22.9 Å². The normalized spacial score (nSPS) is 10.5. The number of nitrogens with one attached hydrogen (secondary N) is 1. The molecule has 0 bridgehead atoms. The predicted octanol–water partition coefficient (Wildman–Crippen LogP) is 4.26. The molecule has 1 aromatic heterocycles. The van der Waals surface area contributed by atoms with Crippen LogP contribution >= 0.6 is 11.6 Å². The summed E-state index contributed by atoms with van der Waals surface area (Å²) < 4.78 is 10.9. The Kier molecular flexibility index (Phi) is 5.62. The van der Waals surface area contributed by atoms with Gasteiger partial charge in [0, 0.05) is 23.9 Å². The number of hydrogen-bond donors (Lipinski definition) is 2. The van der Waals surface area contributed by atoms with Gasteiger partial charge in [-0.1, -0.05) is 11.6 Å². The van der Waals surface area contributed by atoms with Gasteiger partial charge in [-0.25, -0.2) is 0 Å². The van der Waals surface area contributed by atoms with E-state index >= 15 is 0 Å². The molecule has 144 valence electrons. The summed E-state index contributed by atoms with van der Waals surface area (Å²) in [6.07, 6.45) is 0. The van der Waals surface area contributed by atoms with Crippen LogP contribution in [0.1, 0.15) is 16.1 Å². The van der Waals surface area contributed by atoms with Crippen molar-refractivity contribution in [3.63, 3.8) is 0 Å². The van der Waals surface area contributed by atoms with Gasteiger partial charge in [0.1, 0.15) is 23.9 Å². The number of rotatable bonds is 6. The van der Waals surface area contributed by atoms with Crippen LogP contribution in [0.4, 0.5) is 11.4 Å². The van der Waals surface area contributed by atoms with E-state index in [9.17, 15) is 14.9 Å². The van der Waals surface area contributed by atoms with Gasteiger partial charge >= 0.3 is 0 Å². The molecule has 0 radical (unpaired) electrons. The number of hydrogen-bond acceptors (Lipinski definition) is 6. The van der Waals surface area contributed by atoms with Crippen molar-refractivity contribution in [2.24, 2.45) is 0 Å². The second kappa shape index (κ2) is 8.12. The Bertz CT molecular complexity index is 1050. The van der Waals surface area contributed by atoms with Crippen molar-refractivity contribution in [2.45, 2.75) is 6.61 Å². The highest BCUT2D eigenvalue weighted by molar-refractivity contribution is 6.34. The molecule has 0 atom stereocenters. The third kappa shape index (κ3) is 3.98. The summed E-state index contributed by atoms with van der Waals surface area (Å²) >= 11 is 6.00. The van der Waals surface area contributed by atoms with Crippen LogP contribution in [-0.4, -0.2) is 23.0 Å². The molecule has 0 aliphatic rings. The molecule has 0 saturated heterocycles. The van der Waals surface area contributed by atoms with Crippen LogP contribution < -0.4 is 10.1 Å². The number of carbonyl (C=O) groups is 1. The molecule has 0 aliphatic heterocycles. The van der Waals surface area contributed by atoms with Gasteiger partial charge in [0.15, 0.2) is 0 Å². The second-order valence-electron chi connectivity index (χ2n) is 5.71. The molecule has 0 saturated carbocycles. The number of amides is 1. The quantitative estimate of drug-likeness (QED) is 0.470. The summed E-state index contributed by atoms with van der Waals surface area (Å²) in [5.41, 5.74) is 0.785. The zero-order chi connectivity index (χ0) is 20.3. The van der Waals surface area contributed by atoms with E-state index < -0.39 is 10.8 Å². The van der Waals surface area contributed by atoms with E-state index in [4.69, 9.17) is 25.9 Å². The minimum absolute atomic E-state index is 0.0162. The molecule has 9 heteroatoms. The highest BCUT2D eigenvalue weighted by Crippen LogP contribution is 2.34. The lowest BCUT2D eigenvalue weighted by Crippen LogP contribution is -2.13. The Hall–Kier alpha value is -3.36. The smallest absolute Gasteiger partial charge is 0.270 e. The number of nitrogens with zero attached hydrogens (tertiary/aromatic N) is 1. The molecular weight excluding hydrogens is 388 g/mol. The van der Waals surface area contributed by atoms with Crippen molar-refractivity contribution in [3.8, 4) is 17.1 Å². The van der Waals surface area contributed by atoms with E-state index in [2.05, 4.69) is 5.32 Å². The van der Waals surface area contributed by atoms with E-state index in [1.807, 2.05) is 0 Å². The number of non-ortho nitro benzene ring substituents is 1. The molecule has 3 rings (SSSR count). The number of aliphatic hydroxyl groups excluding tert-OH is 1. The molecule has 2 N–H and O–H groups in total. The van der Waals surface area contributed by atoms with Gasteiger partial charge in [-0.15, -0.1) is 0 Å². The van der Waals surface area contributed by atoms with E-state index in [0.29, 0.717) is 28.5 Å². The van der Waals surface area contributed by atoms with Crippen LogP contribution in [0, 0.1) is 10.1 Å². The van der Waals surface area contributed by atoms with Crippen LogP contribution in [0.2, 0.25) is 5.02 Å². The fraction of sp³-hybridized carbons (Fsp3) is 0.105. The zero-order valence-corrected chi connectivity index (χ0v) is 15.4. The van der Waals surface area contributed by atoms with Crippen molar-refractivity contribution in [1.82, 2.24) is 0 Å². The SMILES string of the molecule is COc1cc(NC(=O)c2cc([N+](=O)[O-])ccc2Cl)ccc1-c1ccc(CO)o1. The summed E-state index contributed by atoms with van der Waals surface area (Å²) in [5, 5.41) is 22.8. The Morgan fingerprint density at radius 2 is 2.04 bits per heavy atom. The van der Waals surface area contributed by atoms with Crippen molar-refractivity contribution in [1.29, 1.82) is 0 Å². The largest absolute Gasteiger partial charge is 0.496 e. The van der Waals surface area contributed by atoms with Gasteiger partial charge < -0.3 is 19.6 Å². The number of furan rings is 1. The van der Waals surface area contributed by atoms with Crippen LogP contribution in [0.5, 0.6) is 5.75 Å². The van der Waals surface area contributed by atoms with Gasteiger partial charge in [0.25, 0.3) is 11.6 Å². The number of nitro benzene ring substituents is 1. The number of halogens is 1. The molecule has 3 aromatic rings. The van der Waals surface area contributed by atoms with Crippen LogP contribution in [0.15, 0.2) is 52.9 Å². The Morgan fingerprint density at radius 1 is 1.25 bits per heavy atom. The van der Waals surface area contributed by atoms with Crippen LogP contribution in [0.25, 0.3) is 11.3 Å². The van der Waals surface area contributed by atoms with E-state index in [0.717, 1.165) is 6.07 Å². The molecule has 0 spiro atoms. The predicted molar refractivity (Wildman–Crippen MR) is 103 cm³/mol. The number of ether oxygens (including phenoxy) is 1. The van der Waals surface area contributed by atoms with Crippen molar-refractivity contribution in [2.75, 3.05) is 12.4 Å². The Balaban J connectivity index is 1.88. The first-order valence-corrected chi connectivity index (χ1v) is 8.44.